The molecule has 0 aliphatic rings. The van der Waals surface area contributed by atoms with Crippen LogP contribution in [-0.2, 0) is 20.5 Å². The van der Waals surface area contributed by atoms with Crippen LogP contribution in [0.3, 0.4) is 0 Å². The molecule has 0 saturated heterocycles. The highest BCUT2D eigenvalue weighted by Gasteiger charge is 2.38. The predicted octanol–water partition coefficient (Wildman–Crippen LogP) is 8.66. The molecular formula is C31H46O6SSi. The van der Waals surface area contributed by atoms with E-state index >= 15 is 0 Å². The highest BCUT2D eigenvalue weighted by molar-refractivity contribution is 7.13. The molecule has 216 valence electrons. The van der Waals surface area contributed by atoms with Crippen molar-refractivity contribution in [2.75, 3.05) is 14.2 Å². The minimum absolute atomic E-state index is 0.0358. The molecule has 0 unspecified atom stereocenters. The lowest BCUT2D eigenvalue weighted by molar-refractivity contribution is 0.0397. The van der Waals surface area contributed by atoms with Crippen LogP contribution in [0.4, 0.5) is 0 Å². The Morgan fingerprint density at radius 2 is 1.51 bits per heavy atom. The summed E-state index contributed by atoms with van der Waals surface area (Å²) in [7, 11) is 0.869. The van der Waals surface area contributed by atoms with Crippen molar-refractivity contribution < 1.29 is 28.2 Å². The van der Waals surface area contributed by atoms with Gasteiger partial charge < -0.3 is 18.6 Å². The van der Waals surface area contributed by atoms with E-state index in [4.69, 9.17) is 18.6 Å². The van der Waals surface area contributed by atoms with Gasteiger partial charge in [0.2, 0.25) is 0 Å². The quantitative estimate of drug-likeness (QED) is 0.148. The van der Waals surface area contributed by atoms with Crippen LogP contribution in [0, 0.1) is 0 Å². The predicted molar refractivity (Wildman–Crippen MR) is 162 cm³/mol. The number of benzene rings is 1. The van der Waals surface area contributed by atoms with E-state index in [-0.39, 0.29) is 16.7 Å². The number of hydrogen-bond donors (Lipinski definition) is 0. The molecule has 0 fully saturated rings. The summed E-state index contributed by atoms with van der Waals surface area (Å²) in [5.41, 5.74) is 1.48. The Balaban J connectivity index is 2.07. The molecular weight excluding hydrogens is 528 g/mol. The van der Waals surface area contributed by atoms with Crippen LogP contribution < -0.4 is 4.74 Å². The first-order chi connectivity index (χ1) is 18.7. The molecule has 2 rings (SSSR count). The summed E-state index contributed by atoms with van der Waals surface area (Å²) in [6, 6.07) is 12.4. The molecule has 2 aromatic rings. The van der Waals surface area contributed by atoms with Crippen LogP contribution in [0.5, 0.6) is 5.75 Å². The van der Waals surface area contributed by atoms with E-state index < -0.39 is 20.3 Å². The van der Waals surface area contributed by atoms with Crippen LogP contribution in [0.1, 0.15) is 97.7 Å². The van der Waals surface area contributed by atoms with Crippen molar-refractivity contribution in [1.82, 2.24) is 0 Å². The minimum atomic E-state index is -1.67. The summed E-state index contributed by atoms with van der Waals surface area (Å²) in [5.74, 6) is -0.740. The largest absolute Gasteiger partial charge is 0.488 e. The van der Waals surface area contributed by atoms with Crippen LogP contribution in [-0.4, -0.2) is 40.1 Å². The smallest absolute Gasteiger partial charge is 0.338 e. The second-order valence-electron chi connectivity index (χ2n) is 9.91. The van der Waals surface area contributed by atoms with Gasteiger partial charge in [0, 0.05) is 9.75 Å². The highest BCUT2D eigenvalue weighted by Crippen LogP contribution is 2.36. The monoisotopic (exact) mass is 574 g/mol. The molecule has 0 aliphatic carbocycles. The zero-order chi connectivity index (χ0) is 29.1. The maximum Gasteiger partial charge on any atom is 0.338 e. The molecule has 6 nitrogen and oxygen atoms in total. The zero-order valence-corrected chi connectivity index (χ0v) is 26.8. The first-order valence-electron chi connectivity index (χ1n) is 14.0. The van der Waals surface area contributed by atoms with Crippen molar-refractivity contribution in [2.24, 2.45) is 0 Å². The van der Waals surface area contributed by atoms with Crippen molar-refractivity contribution in [1.29, 1.82) is 0 Å². The molecule has 0 saturated carbocycles. The first-order valence-corrected chi connectivity index (χ1v) is 17.4. The van der Waals surface area contributed by atoms with Gasteiger partial charge in [-0.3, -0.25) is 0 Å². The Hall–Kier alpha value is -2.42. The summed E-state index contributed by atoms with van der Waals surface area (Å²) >= 11 is 1.69. The number of esters is 2. The maximum absolute atomic E-state index is 12.2. The summed E-state index contributed by atoms with van der Waals surface area (Å²) in [4.78, 5) is 26.4. The lowest BCUT2D eigenvalue weighted by Gasteiger charge is -2.42. The van der Waals surface area contributed by atoms with Gasteiger partial charge in [-0.05, 0) is 86.6 Å². The molecule has 0 amide bonds. The van der Waals surface area contributed by atoms with E-state index in [1.165, 1.54) is 54.9 Å². The van der Waals surface area contributed by atoms with Gasteiger partial charge in [0.15, 0.2) is 8.32 Å². The standard InChI is InChI=1S/C31H46O6SSi/c1-9-31(10-2,37-39(11-3,12-4)13-5)20-14-15-23(6)28-19-17-25(38-28)22-36-24-16-18-26(29(32)34-7)27(21-24)30(33)35-8/h15-19,21H,9-14,20,22H2,1-8H3/b23-15+. The normalized spacial score (nSPS) is 12.4. The summed E-state index contributed by atoms with van der Waals surface area (Å²) < 4.78 is 22.6. The SMILES string of the molecule is CCC(CC)(CC/C=C(\C)c1ccc(COc2ccc(C(=O)OC)c(C(=O)OC)c2)s1)O[Si](CC)(CC)CC. The Morgan fingerprint density at radius 1 is 0.897 bits per heavy atom. The van der Waals surface area contributed by atoms with Gasteiger partial charge in [-0.2, -0.15) is 0 Å². The number of ether oxygens (including phenoxy) is 3. The molecule has 39 heavy (non-hydrogen) atoms. The van der Waals surface area contributed by atoms with E-state index in [9.17, 15) is 9.59 Å². The molecule has 0 aliphatic heterocycles. The van der Waals surface area contributed by atoms with Crippen molar-refractivity contribution in [3.05, 3.63) is 57.3 Å². The molecule has 0 spiro atoms. The Bertz CT molecular complexity index is 1110. The summed E-state index contributed by atoms with van der Waals surface area (Å²) in [5, 5.41) is 0. The summed E-state index contributed by atoms with van der Waals surface area (Å²) in [6.45, 7) is 13.9. The van der Waals surface area contributed by atoms with Crippen LogP contribution in [0.15, 0.2) is 36.4 Å². The molecule has 8 heteroatoms. The fourth-order valence-corrected chi connectivity index (χ4v) is 9.04. The lowest BCUT2D eigenvalue weighted by Crippen LogP contribution is -2.46. The number of methoxy groups -OCH3 is 2. The van der Waals surface area contributed by atoms with Crippen molar-refractivity contribution in [2.45, 2.75) is 97.6 Å². The molecule has 0 N–H and O–H groups in total. The third kappa shape index (κ3) is 8.53. The van der Waals surface area contributed by atoms with E-state index in [2.05, 4.69) is 59.8 Å². The lowest BCUT2D eigenvalue weighted by atomic mass is 9.91. The third-order valence-corrected chi connectivity index (χ3v) is 13.9. The average Bonchev–Trinajstić information content (AvgIpc) is 3.46. The average molecular weight is 575 g/mol. The second-order valence-corrected chi connectivity index (χ2v) is 15.8. The van der Waals surface area contributed by atoms with Gasteiger partial charge in [-0.1, -0.05) is 40.7 Å². The van der Waals surface area contributed by atoms with Gasteiger partial charge in [0.05, 0.1) is 30.9 Å². The van der Waals surface area contributed by atoms with Crippen LogP contribution >= 0.6 is 11.3 Å². The number of thiophene rings is 1. The third-order valence-electron chi connectivity index (χ3n) is 7.94. The van der Waals surface area contributed by atoms with Crippen molar-refractivity contribution >= 4 is 37.2 Å². The van der Waals surface area contributed by atoms with Crippen molar-refractivity contribution in [3.8, 4) is 5.75 Å². The molecule has 0 bridgehead atoms. The van der Waals surface area contributed by atoms with Crippen LogP contribution in [0.2, 0.25) is 18.1 Å². The molecule has 1 heterocycles. The number of allylic oxidation sites excluding steroid dienone is 2. The second kappa shape index (κ2) is 15.4. The van der Waals surface area contributed by atoms with Gasteiger partial charge in [-0.15, -0.1) is 11.3 Å². The van der Waals surface area contributed by atoms with E-state index in [0.29, 0.717) is 12.4 Å². The number of carbonyl (C=O) groups excluding carboxylic acids is 2. The van der Waals surface area contributed by atoms with Gasteiger partial charge in [0.1, 0.15) is 12.4 Å². The maximum atomic E-state index is 12.2. The van der Waals surface area contributed by atoms with E-state index in [1.54, 1.807) is 17.4 Å². The van der Waals surface area contributed by atoms with Crippen LogP contribution in [0.25, 0.3) is 5.57 Å². The number of carbonyl (C=O) groups is 2. The molecule has 1 aromatic carbocycles. The summed E-state index contributed by atoms with van der Waals surface area (Å²) in [6.07, 6.45) is 6.45. The fourth-order valence-electron chi connectivity index (χ4n) is 4.88. The zero-order valence-electron chi connectivity index (χ0n) is 25.0. The van der Waals surface area contributed by atoms with E-state index in [1.807, 2.05) is 0 Å². The molecule has 0 radical (unpaired) electrons. The topological polar surface area (TPSA) is 71.1 Å². The van der Waals surface area contributed by atoms with Gasteiger partial charge in [-0.25, -0.2) is 9.59 Å². The first kappa shape index (κ1) is 32.8. The Labute approximate surface area is 239 Å². The van der Waals surface area contributed by atoms with Gasteiger partial charge >= 0.3 is 11.9 Å². The van der Waals surface area contributed by atoms with Gasteiger partial charge in [0.25, 0.3) is 0 Å². The fraction of sp³-hybridized carbons (Fsp3) is 0.548. The van der Waals surface area contributed by atoms with E-state index in [0.717, 1.165) is 30.6 Å². The minimum Gasteiger partial charge on any atom is -0.488 e. The molecule has 1 aromatic heterocycles. The number of hydrogen-bond acceptors (Lipinski definition) is 7. The Kier molecular flexibility index (Phi) is 12.9. The Morgan fingerprint density at radius 3 is 2.08 bits per heavy atom. The van der Waals surface area contributed by atoms with Crippen molar-refractivity contribution in [3.63, 3.8) is 0 Å². The highest BCUT2D eigenvalue weighted by atomic mass is 32.1. The number of rotatable bonds is 16. The molecule has 0 atom stereocenters.